The second kappa shape index (κ2) is 16.2. The van der Waals surface area contributed by atoms with Crippen LogP contribution in [-0.4, -0.2) is 50.4 Å². The largest absolute Gasteiger partial charge is 0.492 e. The minimum Gasteiger partial charge on any atom is -0.492 e. The molecule has 10 heteroatoms. The summed E-state index contributed by atoms with van der Waals surface area (Å²) < 4.78 is 35.7. The van der Waals surface area contributed by atoms with E-state index in [1.165, 1.54) is 17.0 Å². The van der Waals surface area contributed by atoms with Crippen molar-refractivity contribution in [2.45, 2.75) is 69.5 Å². The van der Waals surface area contributed by atoms with Gasteiger partial charge in [0.15, 0.2) is 0 Å². The number of para-hydroxylation sites is 2. The third kappa shape index (κ3) is 8.76. The second-order valence-corrected chi connectivity index (χ2v) is 14.4. The number of nitrogens with one attached hydrogen (secondary N) is 1. The van der Waals surface area contributed by atoms with Crippen LogP contribution >= 0.6 is 11.6 Å². The summed E-state index contributed by atoms with van der Waals surface area (Å²) in [6, 6.07) is 29.0. The Morgan fingerprint density at radius 2 is 1.52 bits per heavy atom. The van der Waals surface area contributed by atoms with Gasteiger partial charge < -0.3 is 15.0 Å². The van der Waals surface area contributed by atoms with Gasteiger partial charge in [-0.05, 0) is 74.2 Å². The van der Waals surface area contributed by atoms with Gasteiger partial charge in [-0.25, -0.2) is 8.42 Å². The minimum atomic E-state index is -4.25. The fraction of sp³-hybridized carbons (Fsp3) is 0.316. The molecule has 0 aliphatic heterocycles. The van der Waals surface area contributed by atoms with Crippen LogP contribution in [0.4, 0.5) is 5.69 Å². The highest BCUT2D eigenvalue weighted by molar-refractivity contribution is 7.92. The van der Waals surface area contributed by atoms with Crippen molar-refractivity contribution in [3.05, 3.63) is 125 Å². The maximum absolute atomic E-state index is 14.7. The van der Waals surface area contributed by atoms with Crippen molar-refractivity contribution in [3.8, 4) is 5.75 Å². The molecule has 0 heterocycles. The van der Waals surface area contributed by atoms with Crippen molar-refractivity contribution >= 4 is 39.1 Å². The molecule has 8 nitrogen and oxygen atoms in total. The fourth-order valence-corrected chi connectivity index (χ4v) is 7.55. The van der Waals surface area contributed by atoms with Crippen molar-refractivity contribution in [2.24, 2.45) is 0 Å². The van der Waals surface area contributed by atoms with Gasteiger partial charge in [0.2, 0.25) is 11.8 Å². The third-order valence-corrected chi connectivity index (χ3v) is 10.6. The van der Waals surface area contributed by atoms with E-state index in [9.17, 15) is 18.0 Å². The van der Waals surface area contributed by atoms with Crippen LogP contribution in [0.25, 0.3) is 0 Å². The molecule has 1 N–H and O–H groups in total. The summed E-state index contributed by atoms with van der Waals surface area (Å²) >= 11 is 6.19. The van der Waals surface area contributed by atoms with E-state index in [-0.39, 0.29) is 35.5 Å². The molecular weight excluding hydrogens is 646 g/mol. The maximum Gasteiger partial charge on any atom is 0.264 e. The first-order valence-corrected chi connectivity index (χ1v) is 18.2. The number of rotatable bonds is 14. The Morgan fingerprint density at radius 3 is 2.19 bits per heavy atom. The Kier molecular flexibility index (Phi) is 11.8. The number of amides is 2. The quantitative estimate of drug-likeness (QED) is 0.155. The zero-order chi connectivity index (χ0) is 34.1. The smallest absolute Gasteiger partial charge is 0.264 e. The number of hydrogen-bond acceptors (Lipinski definition) is 5. The summed E-state index contributed by atoms with van der Waals surface area (Å²) in [6.45, 7) is 3.49. The highest BCUT2D eigenvalue weighted by atomic mass is 35.5. The number of sulfonamides is 1. The summed E-state index contributed by atoms with van der Waals surface area (Å²) in [5.41, 5.74) is 2.76. The van der Waals surface area contributed by atoms with E-state index in [1.54, 1.807) is 48.5 Å². The van der Waals surface area contributed by atoms with E-state index in [2.05, 4.69) is 5.32 Å². The van der Waals surface area contributed by atoms with Gasteiger partial charge in [0, 0.05) is 24.0 Å². The Balaban J connectivity index is 1.59. The van der Waals surface area contributed by atoms with Gasteiger partial charge in [-0.3, -0.25) is 13.9 Å². The number of anilines is 1. The van der Waals surface area contributed by atoms with E-state index >= 15 is 0 Å². The average Bonchev–Trinajstić information content (AvgIpc) is 3.60. The van der Waals surface area contributed by atoms with Gasteiger partial charge in [-0.15, -0.1) is 0 Å². The van der Waals surface area contributed by atoms with Crippen molar-refractivity contribution in [2.75, 3.05) is 17.5 Å². The van der Waals surface area contributed by atoms with Crippen LogP contribution in [0.3, 0.4) is 0 Å². The molecule has 0 unspecified atom stereocenters. The molecule has 48 heavy (non-hydrogen) atoms. The number of carbonyl (C=O) groups is 2. The molecule has 1 saturated carbocycles. The number of halogens is 1. The zero-order valence-corrected chi connectivity index (χ0v) is 28.9. The molecule has 1 atom stereocenters. The standard InChI is InChI=1S/C38H42ClN3O5S/c1-3-47-36-16-10-9-15-34(36)42(48(45,46)33-23-17-28(2)18-24-33)27-37(43)41(26-30-19-21-31(39)22-20-30)35(25-29-11-5-4-6-12-29)38(44)40-32-13-7-8-14-32/h4-6,9-12,15-24,32,35H,3,7-8,13-14,25-27H2,1-2H3,(H,40,44)/t35-/m0/s1. The summed E-state index contributed by atoms with van der Waals surface area (Å²) in [7, 11) is -4.25. The van der Waals surface area contributed by atoms with Crippen molar-refractivity contribution in [1.29, 1.82) is 0 Å². The predicted molar refractivity (Wildman–Crippen MR) is 190 cm³/mol. The van der Waals surface area contributed by atoms with Gasteiger partial charge in [-0.2, -0.15) is 0 Å². The highest BCUT2D eigenvalue weighted by Gasteiger charge is 2.36. The molecule has 0 spiro atoms. The van der Waals surface area contributed by atoms with Gasteiger partial charge in [0.1, 0.15) is 18.3 Å². The number of benzene rings is 4. The Morgan fingerprint density at radius 1 is 0.875 bits per heavy atom. The molecule has 1 aliphatic rings. The van der Waals surface area contributed by atoms with Crippen LogP contribution in [0.1, 0.15) is 49.3 Å². The number of carbonyl (C=O) groups excluding carboxylic acids is 2. The SMILES string of the molecule is CCOc1ccccc1N(CC(=O)N(Cc1ccc(Cl)cc1)[C@@H](Cc1ccccc1)C(=O)NC1CCCC1)S(=O)(=O)c1ccc(C)cc1. The van der Waals surface area contributed by atoms with Crippen LogP contribution in [0.2, 0.25) is 5.02 Å². The van der Waals surface area contributed by atoms with Gasteiger partial charge >= 0.3 is 0 Å². The summed E-state index contributed by atoms with van der Waals surface area (Å²) in [5, 5.41) is 3.74. The van der Waals surface area contributed by atoms with Crippen LogP contribution in [0, 0.1) is 6.92 Å². The molecule has 0 radical (unpaired) electrons. The molecule has 4 aromatic rings. The summed E-state index contributed by atoms with van der Waals surface area (Å²) in [6.07, 6.45) is 4.08. The van der Waals surface area contributed by atoms with Crippen LogP contribution in [0.15, 0.2) is 108 Å². The van der Waals surface area contributed by atoms with E-state index in [0.29, 0.717) is 17.4 Å². The highest BCUT2D eigenvalue weighted by Crippen LogP contribution is 2.33. The molecule has 4 aromatic carbocycles. The number of hydrogen-bond donors (Lipinski definition) is 1. The number of ether oxygens (including phenoxy) is 1. The van der Waals surface area contributed by atoms with Crippen molar-refractivity contribution in [1.82, 2.24) is 10.2 Å². The van der Waals surface area contributed by atoms with E-state index in [1.807, 2.05) is 56.3 Å². The fourth-order valence-electron chi connectivity index (χ4n) is 6.00. The molecule has 0 aromatic heterocycles. The van der Waals surface area contributed by atoms with E-state index < -0.39 is 28.5 Å². The van der Waals surface area contributed by atoms with Gasteiger partial charge in [0.25, 0.3) is 10.0 Å². The van der Waals surface area contributed by atoms with Crippen LogP contribution in [-0.2, 0) is 32.6 Å². The maximum atomic E-state index is 14.7. The molecule has 1 fully saturated rings. The van der Waals surface area contributed by atoms with Crippen molar-refractivity contribution < 1.29 is 22.7 Å². The lowest BCUT2D eigenvalue weighted by molar-refractivity contribution is -0.140. The third-order valence-electron chi connectivity index (χ3n) is 8.56. The summed E-state index contributed by atoms with van der Waals surface area (Å²) in [4.78, 5) is 30.4. The molecule has 5 rings (SSSR count). The van der Waals surface area contributed by atoms with E-state index in [4.69, 9.17) is 16.3 Å². The molecule has 0 bridgehead atoms. The average molecular weight is 688 g/mol. The Labute approximate surface area is 288 Å². The first-order chi connectivity index (χ1) is 23.2. The van der Waals surface area contributed by atoms with E-state index in [0.717, 1.165) is 46.7 Å². The van der Waals surface area contributed by atoms with Crippen molar-refractivity contribution in [3.63, 3.8) is 0 Å². The first kappa shape index (κ1) is 35.0. The lowest BCUT2D eigenvalue weighted by Gasteiger charge is -2.34. The predicted octanol–water partition coefficient (Wildman–Crippen LogP) is 6.94. The van der Waals surface area contributed by atoms with Crippen LogP contribution < -0.4 is 14.4 Å². The topological polar surface area (TPSA) is 96.0 Å². The lowest BCUT2D eigenvalue weighted by atomic mass is 10.0. The minimum absolute atomic E-state index is 0.0275. The van der Waals surface area contributed by atoms with Crippen LogP contribution in [0.5, 0.6) is 5.75 Å². The Hall–Kier alpha value is -4.34. The van der Waals surface area contributed by atoms with Gasteiger partial charge in [0.05, 0.1) is 17.2 Å². The molecule has 252 valence electrons. The monoisotopic (exact) mass is 687 g/mol. The lowest BCUT2D eigenvalue weighted by Crippen LogP contribution is -2.54. The second-order valence-electron chi connectivity index (χ2n) is 12.1. The summed E-state index contributed by atoms with van der Waals surface area (Å²) in [5.74, 6) is -0.474. The molecule has 2 amide bonds. The number of nitrogens with zero attached hydrogens (tertiary/aromatic N) is 2. The molecule has 1 aliphatic carbocycles. The molecular formula is C38H42ClN3O5S. The number of aryl methyl sites for hydroxylation is 1. The Bertz CT molecular complexity index is 1780. The zero-order valence-electron chi connectivity index (χ0n) is 27.3. The van der Waals surface area contributed by atoms with Gasteiger partial charge in [-0.1, -0.05) is 96.7 Å². The first-order valence-electron chi connectivity index (χ1n) is 16.3. The molecule has 0 saturated heterocycles. The normalized spacial score (nSPS) is 13.9.